The Morgan fingerprint density at radius 2 is 1.81 bits per heavy atom. The van der Waals surface area contributed by atoms with Gasteiger partial charge in [-0.05, 0) is 37.1 Å². The first-order valence-corrected chi connectivity index (χ1v) is 6.25. The topological polar surface area (TPSA) is 22.1 Å². The zero-order chi connectivity index (χ0) is 11.7. The summed E-state index contributed by atoms with van der Waals surface area (Å²) in [6.45, 7) is 3.88. The van der Waals surface area contributed by atoms with Crippen LogP contribution in [0.15, 0.2) is 17.5 Å². The van der Waals surface area contributed by atoms with Crippen LogP contribution in [0.2, 0.25) is 10.2 Å². The monoisotopic (exact) mass is 273 g/mol. The fourth-order valence-corrected chi connectivity index (χ4v) is 2.27. The molecule has 2 rings (SSSR count). The second kappa shape index (κ2) is 4.62. The van der Waals surface area contributed by atoms with Gasteiger partial charge in [-0.1, -0.05) is 34.5 Å². The first kappa shape index (κ1) is 11.7. The van der Waals surface area contributed by atoms with Crippen molar-refractivity contribution in [1.29, 1.82) is 0 Å². The van der Waals surface area contributed by atoms with Gasteiger partial charge >= 0.3 is 0 Å². The first-order chi connectivity index (χ1) is 7.56. The molecule has 16 heavy (non-hydrogen) atoms. The summed E-state index contributed by atoms with van der Waals surface area (Å²) in [4.78, 5) is 4.02. The highest BCUT2D eigenvalue weighted by molar-refractivity contribution is 7.11. The van der Waals surface area contributed by atoms with Gasteiger partial charge in [0.05, 0.1) is 0 Å². The van der Waals surface area contributed by atoms with Crippen LogP contribution < -0.4 is 4.74 Å². The van der Waals surface area contributed by atoms with Crippen LogP contribution in [0.1, 0.15) is 11.1 Å². The lowest BCUT2D eigenvalue weighted by Gasteiger charge is -2.07. The van der Waals surface area contributed by atoms with E-state index in [-0.39, 0.29) is 0 Å². The maximum atomic E-state index is 6.07. The first-order valence-electron chi connectivity index (χ1n) is 4.62. The summed E-state index contributed by atoms with van der Waals surface area (Å²) in [5, 5.41) is 3.48. The van der Waals surface area contributed by atoms with E-state index in [0.717, 1.165) is 21.9 Å². The Balaban J connectivity index is 2.28. The molecule has 1 heterocycles. The zero-order valence-electron chi connectivity index (χ0n) is 8.75. The molecule has 0 atom stereocenters. The quantitative estimate of drug-likeness (QED) is 0.780. The number of hydrogen-bond donors (Lipinski definition) is 0. The lowest BCUT2D eigenvalue weighted by atomic mass is 10.1. The Bertz CT molecular complexity index is 501. The maximum absolute atomic E-state index is 6.07. The summed E-state index contributed by atoms with van der Waals surface area (Å²) in [6.07, 6.45) is 0. The van der Waals surface area contributed by atoms with E-state index < -0.39 is 0 Å². The molecule has 5 heteroatoms. The van der Waals surface area contributed by atoms with Crippen LogP contribution in [0, 0.1) is 13.8 Å². The molecule has 1 aromatic carbocycles. The molecule has 84 valence electrons. The van der Waals surface area contributed by atoms with Crippen LogP contribution in [0.25, 0.3) is 0 Å². The number of aromatic nitrogens is 1. The summed E-state index contributed by atoms with van der Waals surface area (Å²) in [7, 11) is 0. The molecule has 0 bridgehead atoms. The van der Waals surface area contributed by atoms with Crippen molar-refractivity contribution >= 4 is 34.5 Å². The molecule has 2 aromatic rings. The van der Waals surface area contributed by atoms with Crippen molar-refractivity contribution in [2.24, 2.45) is 0 Å². The van der Waals surface area contributed by atoms with Gasteiger partial charge in [-0.3, -0.25) is 0 Å². The molecule has 2 nitrogen and oxygen atoms in total. The Hall–Kier alpha value is -0.770. The Morgan fingerprint density at radius 1 is 1.19 bits per heavy atom. The van der Waals surface area contributed by atoms with Crippen LogP contribution >= 0.6 is 34.5 Å². The van der Waals surface area contributed by atoms with Gasteiger partial charge in [0.1, 0.15) is 10.9 Å². The molecule has 0 radical (unpaired) electrons. The average molecular weight is 274 g/mol. The summed E-state index contributed by atoms with van der Waals surface area (Å²) in [5.41, 5.74) is 1.97. The molecule has 0 N–H and O–H groups in total. The van der Waals surface area contributed by atoms with E-state index >= 15 is 0 Å². The maximum Gasteiger partial charge on any atom is 0.280 e. The fraction of sp³-hybridized carbons (Fsp3) is 0.182. The normalized spacial score (nSPS) is 10.5. The van der Waals surface area contributed by atoms with E-state index in [1.54, 1.807) is 5.38 Å². The number of thiazole rings is 1. The van der Waals surface area contributed by atoms with E-state index in [1.165, 1.54) is 11.3 Å². The highest BCUT2D eigenvalue weighted by Crippen LogP contribution is 2.31. The van der Waals surface area contributed by atoms with Gasteiger partial charge in [0.25, 0.3) is 5.19 Å². The molecule has 0 saturated heterocycles. The molecule has 0 amide bonds. The third kappa shape index (κ3) is 2.48. The number of halogens is 2. The minimum atomic E-state index is 0.447. The minimum absolute atomic E-state index is 0.447. The van der Waals surface area contributed by atoms with Gasteiger partial charge in [0.15, 0.2) is 0 Å². The fourth-order valence-electron chi connectivity index (χ4n) is 1.35. The molecule has 0 unspecified atom stereocenters. The Labute approximate surface area is 108 Å². The number of rotatable bonds is 2. The van der Waals surface area contributed by atoms with Crippen LogP contribution in [0.3, 0.4) is 0 Å². The molecule has 0 fully saturated rings. The second-order valence-corrected chi connectivity index (χ2v) is 5.00. The van der Waals surface area contributed by atoms with Gasteiger partial charge in [-0.2, -0.15) is 4.98 Å². The number of ether oxygens (including phenoxy) is 1. The predicted molar refractivity (Wildman–Crippen MR) is 68.1 cm³/mol. The van der Waals surface area contributed by atoms with E-state index in [4.69, 9.17) is 27.9 Å². The van der Waals surface area contributed by atoms with Crippen molar-refractivity contribution in [3.8, 4) is 10.9 Å². The molecule has 0 saturated carbocycles. The van der Waals surface area contributed by atoms with Crippen LogP contribution in [-0.2, 0) is 0 Å². The third-order valence-corrected chi connectivity index (χ3v) is 3.71. The highest BCUT2D eigenvalue weighted by atomic mass is 35.5. The Morgan fingerprint density at radius 3 is 2.31 bits per heavy atom. The van der Waals surface area contributed by atoms with E-state index in [9.17, 15) is 0 Å². The molecule has 0 aliphatic carbocycles. The van der Waals surface area contributed by atoms with Crippen LogP contribution in [0.5, 0.6) is 10.9 Å². The summed E-state index contributed by atoms with van der Waals surface area (Å²) in [6, 6.07) is 3.76. The number of nitrogens with zero attached hydrogens (tertiary/aromatic N) is 1. The average Bonchev–Trinajstić information content (AvgIpc) is 2.60. The summed E-state index contributed by atoms with van der Waals surface area (Å²) in [5.74, 6) is 0.727. The third-order valence-electron chi connectivity index (χ3n) is 2.07. The van der Waals surface area contributed by atoms with Crippen LogP contribution in [0.4, 0.5) is 0 Å². The number of benzene rings is 1. The molecular formula is C11H9Cl2NOS. The Kier molecular flexibility index (Phi) is 3.38. The summed E-state index contributed by atoms with van der Waals surface area (Å²) < 4.78 is 5.58. The SMILES string of the molecule is Cc1cc(Oc2nc(Cl)cs2)cc(C)c1Cl. The van der Waals surface area contributed by atoms with Crippen molar-refractivity contribution < 1.29 is 4.74 Å². The van der Waals surface area contributed by atoms with Crippen molar-refractivity contribution in [3.05, 3.63) is 38.8 Å². The molecule has 0 spiro atoms. The molecule has 1 aromatic heterocycles. The largest absolute Gasteiger partial charge is 0.431 e. The van der Waals surface area contributed by atoms with Gasteiger partial charge in [0, 0.05) is 10.4 Å². The second-order valence-electron chi connectivity index (χ2n) is 3.41. The molecule has 0 aliphatic rings. The van der Waals surface area contributed by atoms with Gasteiger partial charge < -0.3 is 4.74 Å². The van der Waals surface area contributed by atoms with Crippen molar-refractivity contribution in [2.75, 3.05) is 0 Å². The van der Waals surface area contributed by atoms with E-state index in [2.05, 4.69) is 4.98 Å². The van der Waals surface area contributed by atoms with Crippen molar-refractivity contribution in [1.82, 2.24) is 4.98 Å². The van der Waals surface area contributed by atoms with Gasteiger partial charge in [0.2, 0.25) is 0 Å². The number of hydrogen-bond acceptors (Lipinski definition) is 3. The lowest BCUT2D eigenvalue weighted by Crippen LogP contribution is -1.87. The van der Waals surface area contributed by atoms with Crippen molar-refractivity contribution in [3.63, 3.8) is 0 Å². The minimum Gasteiger partial charge on any atom is -0.431 e. The predicted octanol–water partition coefficient (Wildman–Crippen LogP) is 4.86. The van der Waals surface area contributed by atoms with Crippen LogP contribution in [-0.4, -0.2) is 4.98 Å². The summed E-state index contributed by atoms with van der Waals surface area (Å²) >= 11 is 13.1. The van der Waals surface area contributed by atoms with Gasteiger partial charge in [-0.15, -0.1) is 0 Å². The number of aryl methyl sites for hydroxylation is 2. The standard InChI is InChI=1S/C11H9Cl2NOS/c1-6-3-8(4-7(2)10(6)13)15-11-14-9(12)5-16-11/h3-5H,1-2H3. The smallest absolute Gasteiger partial charge is 0.280 e. The highest BCUT2D eigenvalue weighted by Gasteiger charge is 2.06. The zero-order valence-corrected chi connectivity index (χ0v) is 11.1. The van der Waals surface area contributed by atoms with Crippen molar-refractivity contribution in [2.45, 2.75) is 13.8 Å². The molecular weight excluding hydrogens is 265 g/mol. The van der Waals surface area contributed by atoms with E-state index in [1.807, 2.05) is 26.0 Å². The van der Waals surface area contributed by atoms with E-state index in [0.29, 0.717) is 10.3 Å². The lowest BCUT2D eigenvalue weighted by molar-refractivity contribution is 0.478. The van der Waals surface area contributed by atoms with Gasteiger partial charge in [-0.25, -0.2) is 0 Å². The molecule has 0 aliphatic heterocycles.